The largest absolute Gasteiger partial charge is 0.489 e. The van der Waals surface area contributed by atoms with Crippen LogP contribution >= 0.6 is 0 Å². The van der Waals surface area contributed by atoms with E-state index in [1.807, 2.05) is 12.1 Å². The number of ether oxygens (including phenoxy) is 1. The summed E-state index contributed by atoms with van der Waals surface area (Å²) < 4.78 is 42.5. The van der Waals surface area contributed by atoms with E-state index in [-0.39, 0.29) is 5.56 Å². The standard InChI is InChI=1S/C10H8F3NO.C7H6O/c11-10(12,13)8-4-2-1-3-7(8)5-6-9(14)15;1-3-7-4-2-6(1)5-8-7/h1-6H,(H2,14,15);1-4H,5H2. The molecule has 0 saturated heterocycles. The molecule has 4 rings (SSSR count). The number of alkyl halides is 3. The second-order valence-corrected chi connectivity index (χ2v) is 4.75. The third-order valence-corrected chi connectivity index (χ3v) is 3.02. The Morgan fingerprint density at radius 2 is 1.74 bits per heavy atom. The molecule has 0 radical (unpaired) electrons. The van der Waals surface area contributed by atoms with Crippen molar-refractivity contribution < 1.29 is 22.7 Å². The first kappa shape index (κ1) is 16.6. The van der Waals surface area contributed by atoms with Gasteiger partial charge in [-0.3, -0.25) is 4.79 Å². The van der Waals surface area contributed by atoms with Crippen LogP contribution in [0.25, 0.3) is 6.08 Å². The zero-order chi connectivity index (χ0) is 16.9. The minimum Gasteiger partial charge on any atom is -0.489 e. The summed E-state index contributed by atoms with van der Waals surface area (Å²) in [5, 5.41) is 0. The maximum Gasteiger partial charge on any atom is 0.416 e. The Kier molecular flexibility index (Phi) is 5.05. The summed E-state index contributed by atoms with van der Waals surface area (Å²) in [7, 11) is 0. The molecule has 2 aromatic rings. The molecule has 23 heavy (non-hydrogen) atoms. The number of halogens is 3. The van der Waals surface area contributed by atoms with Crippen molar-refractivity contribution in [2.45, 2.75) is 12.8 Å². The van der Waals surface area contributed by atoms with Gasteiger partial charge in [-0.2, -0.15) is 13.2 Å². The van der Waals surface area contributed by atoms with Crippen LogP contribution in [-0.4, -0.2) is 5.91 Å². The van der Waals surface area contributed by atoms with E-state index in [9.17, 15) is 18.0 Å². The number of hydrogen-bond donors (Lipinski definition) is 1. The summed E-state index contributed by atoms with van der Waals surface area (Å²) in [4.78, 5) is 10.4. The maximum atomic E-state index is 12.4. The number of amides is 1. The van der Waals surface area contributed by atoms with Crippen molar-refractivity contribution in [1.82, 2.24) is 0 Å². The molecule has 120 valence electrons. The number of fused-ring (bicyclic) bond motifs is 3. The molecule has 0 saturated carbocycles. The van der Waals surface area contributed by atoms with Crippen LogP contribution in [-0.2, 0) is 17.6 Å². The first-order valence-electron chi connectivity index (χ1n) is 6.72. The molecule has 3 nitrogen and oxygen atoms in total. The van der Waals surface area contributed by atoms with Gasteiger partial charge in [0.25, 0.3) is 0 Å². The van der Waals surface area contributed by atoms with Crippen LogP contribution in [0, 0.1) is 0 Å². The second-order valence-electron chi connectivity index (χ2n) is 4.75. The first-order chi connectivity index (χ1) is 10.9. The minimum absolute atomic E-state index is 0.0798. The molecule has 2 bridgehead atoms. The van der Waals surface area contributed by atoms with Crippen molar-refractivity contribution in [3.8, 4) is 5.75 Å². The highest BCUT2D eigenvalue weighted by Gasteiger charge is 2.32. The van der Waals surface area contributed by atoms with Crippen molar-refractivity contribution in [1.29, 1.82) is 0 Å². The maximum absolute atomic E-state index is 12.4. The van der Waals surface area contributed by atoms with Gasteiger partial charge in [-0.15, -0.1) is 0 Å². The van der Waals surface area contributed by atoms with Crippen LogP contribution in [0.15, 0.2) is 54.6 Å². The predicted octanol–water partition coefficient (Wildman–Crippen LogP) is 3.78. The lowest BCUT2D eigenvalue weighted by molar-refractivity contribution is -0.137. The summed E-state index contributed by atoms with van der Waals surface area (Å²) in [6.45, 7) is 0.766. The van der Waals surface area contributed by atoms with Gasteiger partial charge < -0.3 is 10.5 Å². The lowest BCUT2D eigenvalue weighted by Gasteiger charge is -2.11. The van der Waals surface area contributed by atoms with Gasteiger partial charge in [-0.1, -0.05) is 30.3 Å². The van der Waals surface area contributed by atoms with Crippen molar-refractivity contribution >= 4 is 12.0 Å². The number of rotatable bonds is 2. The van der Waals surface area contributed by atoms with E-state index >= 15 is 0 Å². The van der Waals surface area contributed by atoms with Crippen LogP contribution in [0.3, 0.4) is 0 Å². The van der Waals surface area contributed by atoms with E-state index in [0.29, 0.717) is 0 Å². The average Bonchev–Trinajstić information content (AvgIpc) is 2.55. The summed E-state index contributed by atoms with van der Waals surface area (Å²) in [6.07, 6.45) is -2.49. The molecule has 0 unspecified atom stereocenters. The first-order valence-corrected chi connectivity index (χ1v) is 6.72. The number of carbonyl (C=O) groups is 1. The quantitative estimate of drug-likeness (QED) is 0.856. The SMILES string of the molecule is NC(=O)C=Cc1ccccc1C(F)(F)F.c1cc2ccc1CO2. The Bertz CT molecular complexity index is 684. The molecular formula is C17H14F3NO2. The molecule has 0 atom stereocenters. The number of benzene rings is 2. The molecule has 2 heterocycles. The monoisotopic (exact) mass is 321 g/mol. The average molecular weight is 321 g/mol. The normalized spacial score (nSPS) is 12.5. The van der Waals surface area contributed by atoms with Crippen molar-refractivity contribution in [2.24, 2.45) is 5.73 Å². The fraction of sp³-hybridized carbons (Fsp3) is 0.118. The molecule has 2 aliphatic rings. The number of carbonyl (C=O) groups excluding carboxylic acids is 1. The number of primary amides is 1. The smallest absolute Gasteiger partial charge is 0.416 e. The highest BCUT2D eigenvalue weighted by atomic mass is 19.4. The Morgan fingerprint density at radius 1 is 1.09 bits per heavy atom. The van der Waals surface area contributed by atoms with Gasteiger partial charge in [0.15, 0.2) is 0 Å². The van der Waals surface area contributed by atoms with E-state index in [1.54, 1.807) is 0 Å². The summed E-state index contributed by atoms with van der Waals surface area (Å²) >= 11 is 0. The molecule has 0 fully saturated rings. The van der Waals surface area contributed by atoms with E-state index in [2.05, 4.69) is 12.1 Å². The van der Waals surface area contributed by atoms with E-state index < -0.39 is 17.6 Å². The van der Waals surface area contributed by atoms with Gasteiger partial charge in [-0.25, -0.2) is 0 Å². The Labute approximate surface area is 131 Å². The third kappa shape index (κ3) is 4.88. The molecule has 2 aliphatic heterocycles. The predicted molar refractivity (Wildman–Crippen MR) is 80.4 cm³/mol. The highest BCUT2D eigenvalue weighted by Crippen LogP contribution is 2.32. The van der Waals surface area contributed by atoms with Gasteiger partial charge >= 0.3 is 6.18 Å². The summed E-state index contributed by atoms with van der Waals surface area (Å²) in [5.74, 6) is 0.201. The van der Waals surface area contributed by atoms with Crippen LogP contribution in [0.4, 0.5) is 13.2 Å². The van der Waals surface area contributed by atoms with Crippen LogP contribution < -0.4 is 10.5 Å². The zero-order valence-corrected chi connectivity index (χ0v) is 12.0. The Hall–Kier alpha value is -2.76. The zero-order valence-electron chi connectivity index (χ0n) is 12.0. The van der Waals surface area contributed by atoms with Crippen LogP contribution in [0.2, 0.25) is 0 Å². The fourth-order valence-corrected chi connectivity index (χ4v) is 1.92. The van der Waals surface area contributed by atoms with Crippen LogP contribution in [0.1, 0.15) is 16.7 Å². The molecule has 0 spiro atoms. The highest BCUT2D eigenvalue weighted by molar-refractivity contribution is 5.90. The molecule has 0 aromatic heterocycles. The second kappa shape index (κ2) is 7.00. The lowest BCUT2D eigenvalue weighted by Crippen LogP contribution is -2.08. The molecule has 2 aromatic carbocycles. The van der Waals surface area contributed by atoms with E-state index in [4.69, 9.17) is 10.5 Å². The molecular weight excluding hydrogens is 307 g/mol. The van der Waals surface area contributed by atoms with Crippen molar-refractivity contribution in [2.75, 3.05) is 0 Å². The van der Waals surface area contributed by atoms with Crippen molar-refractivity contribution in [3.63, 3.8) is 0 Å². The van der Waals surface area contributed by atoms with Gasteiger partial charge in [0, 0.05) is 6.08 Å². The Balaban J connectivity index is 0.000000198. The number of nitrogens with two attached hydrogens (primary N) is 1. The number of hydrogen-bond acceptors (Lipinski definition) is 2. The molecule has 6 heteroatoms. The third-order valence-electron chi connectivity index (χ3n) is 3.02. The van der Waals surface area contributed by atoms with Crippen LogP contribution in [0.5, 0.6) is 5.75 Å². The molecule has 1 amide bonds. The molecule has 0 aliphatic carbocycles. The lowest BCUT2D eigenvalue weighted by atomic mass is 10.1. The van der Waals surface area contributed by atoms with Gasteiger partial charge in [0.1, 0.15) is 12.4 Å². The van der Waals surface area contributed by atoms with Crippen molar-refractivity contribution in [3.05, 3.63) is 71.3 Å². The van der Waals surface area contributed by atoms with Gasteiger partial charge in [0.2, 0.25) is 5.91 Å². The minimum atomic E-state index is -4.43. The van der Waals surface area contributed by atoms with E-state index in [1.165, 1.54) is 23.8 Å². The van der Waals surface area contributed by atoms with Gasteiger partial charge in [0.05, 0.1) is 5.56 Å². The topological polar surface area (TPSA) is 52.3 Å². The Morgan fingerprint density at radius 3 is 2.13 bits per heavy atom. The summed E-state index contributed by atoms with van der Waals surface area (Å²) in [6, 6.07) is 13.1. The summed E-state index contributed by atoms with van der Waals surface area (Å²) in [5.41, 5.74) is 5.19. The fourth-order valence-electron chi connectivity index (χ4n) is 1.92. The van der Waals surface area contributed by atoms with E-state index in [0.717, 1.165) is 30.6 Å². The van der Waals surface area contributed by atoms with Gasteiger partial charge in [-0.05, 0) is 35.4 Å². The molecule has 2 N–H and O–H groups in total.